The number of likely N-dealkylation sites (N-methyl/N-ethyl adjacent to an activating group) is 1. The van der Waals surface area contributed by atoms with Crippen molar-refractivity contribution in [1.29, 1.82) is 0 Å². The van der Waals surface area contributed by atoms with Crippen molar-refractivity contribution in [3.63, 3.8) is 0 Å². The Morgan fingerprint density at radius 2 is 2.00 bits per heavy atom. The lowest BCUT2D eigenvalue weighted by Crippen LogP contribution is -2.24. The standard InChI is InChI=1S/C17H16F2N2OS/c1-21(9-15(22)12-8-11(18)6-7-13(12)19)10-17-20-14-4-2-3-5-16(14)23-17/h2-8,15,22H,9-10H2,1H3. The normalized spacial score (nSPS) is 12.9. The first-order valence-corrected chi connectivity index (χ1v) is 8.00. The topological polar surface area (TPSA) is 36.4 Å². The van der Waals surface area contributed by atoms with Gasteiger partial charge in [0.25, 0.3) is 0 Å². The van der Waals surface area contributed by atoms with Crippen molar-refractivity contribution >= 4 is 21.6 Å². The van der Waals surface area contributed by atoms with Gasteiger partial charge in [-0.1, -0.05) is 12.1 Å². The lowest BCUT2D eigenvalue weighted by atomic mass is 10.1. The molecule has 0 radical (unpaired) electrons. The number of benzene rings is 2. The molecular weight excluding hydrogens is 318 g/mol. The Morgan fingerprint density at radius 3 is 2.78 bits per heavy atom. The molecule has 1 atom stereocenters. The maximum Gasteiger partial charge on any atom is 0.129 e. The molecule has 0 aliphatic carbocycles. The summed E-state index contributed by atoms with van der Waals surface area (Å²) in [7, 11) is 1.81. The second kappa shape index (κ2) is 6.70. The van der Waals surface area contributed by atoms with Gasteiger partial charge in [-0.25, -0.2) is 13.8 Å². The third-order valence-electron chi connectivity index (χ3n) is 3.55. The minimum absolute atomic E-state index is 0.0267. The van der Waals surface area contributed by atoms with Gasteiger partial charge in [-0.3, -0.25) is 4.90 Å². The predicted octanol–water partition coefficient (Wildman–Crippen LogP) is 3.74. The van der Waals surface area contributed by atoms with Crippen molar-refractivity contribution in [2.24, 2.45) is 0 Å². The fourth-order valence-corrected chi connectivity index (χ4v) is 3.49. The van der Waals surface area contributed by atoms with Gasteiger partial charge in [0.15, 0.2) is 0 Å². The summed E-state index contributed by atoms with van der Waals surface area (Å²) >= 11 is 1.59. The molecule has 0 saturated carbocycles. The Morgan fingerprint density at radius 1 is 1.22 bits per heavy atom. The van der Waals surface area contributed by atoms with E-state index in [1.54, 1.807) is 11.3 Å². The van der Waals surface area contributed by atoms with Gasteiger partial charge in [-0.2, -0.15) is 0 Å². The fourth-order valence-electron chi connectivity index (χ4n) is 2.45. The Kier molecular flexibility index (Phi) is 4.66. The number of hydrogen-bond donors (Lipinski definition) is 1. The van der Waals surface area contributed by atoms with Crippen LogP contribution < -0.4 is 0 Å². The van der Waals surface area contributed by atoms with Crippen molar-refractivity contribution in [3.8, 4) is 0 Å². The molecule has 23 heavy (non-hydrogen) atoms. The van der Waals surface area contributed by atoms with Gasteiger partial charge < -0.3 is 5.11 Å². The molecule has 3 rings (SSSR count). The largest absolute Gasteiger partial charge is 0.387 e. The zero-order valence-corrected chi connectivity index (χ0v) is 13.4. The van der Waals surface area contributed by atoms with E-state index in [1.165, 1.54) is 0 Å². The maximum absolute atomic E-state index is 13.7. The smallest absolute Gasteiger partial charge is 0.129 e. The quantitative estimate of drug-likeness (QED) is 0.772. The Hall–Kier alpha value is -1.89. The summed E-state index contributed by atoms with van der Waals surface area (Å²) in [5.41, 5.74) is 0.916. The molecule has 1 heterocycles. The number of nitrogens with zero attached hydrogens (tertiary/aromatic N) is 2. The van der Waals surface area contributed by atoms with Crippen LogP contribution in [0.1, 0.15) is 16.7 Å². The number of rotatable bonds is 5. The molecule has 0 spiro atoms. The Labute approximate surface area is 136 Å². The summed E-state index contributed by atoms with van der Waals surface area (Å²) in [6.45, 7) is 0.726. The van der Waals surface area contributed by atoms with Gasteiger partial charge in [0, 0.05) is 12.1 Å². The van der Waals surface area contributed by atoms with E-state index in [2.05, 4.69) is 4.98 Å². The average molecular weight is 334 g/mol. The van der Waals surface area contributed by atoms with Crippen LogP contribution in [0.25, 0.3) is 10.2 Å². The van der Waals surface area contributed by atoms with Crippen LogP contribution >= 0.6 is 11.3 Å². The van der Waals surface area contributed by atoms with E-state index in [1.807, 2.05) is 36.2 Å². The molecule has 1 N–H and O–H groups in total. The molecule has 1 aromatic heterocycles. The molecule has 0 aliphatic heterocycles. The van der Waals surface area contributed by atoms with Gasteiger partial charge in [-0.05, 0) is 37.4 Å². The molecule has 2 aromatic carbocycles. The van der Waals surface area contributed by atoms with Crippen LogP contribution in [0, 0.1) is 11.6 Å². The first-order valence-electron chi connectivity index (χ1n) is 7.19. The van der Waals surface area contributed by atoms with Crippen LogP contribution in [-0.4, -0.2) is 28.6 Å². The lowest BCUT2D eigenvalue weighted by molar-refractivity contribution is 0.120. The van der Waals surface area contributed by atoms with E-state index in [9.17, 15) is 13.9 Å². The number of halogens is 2. The number of aromatic nitrogens is 1. The number of aliphatic hydroxyl groups is 1. The van der Waals surface area contributed by atoms with Crippen LogP contribution in [0.5, 0.6) is 0 Å². The molecular formula is C17H16F2N2OS. The van der Waals surface area contributed by atoms with Gasteiger partial charge in [-0.15, -0.1) is 11.3 Å². The van der Waals surface area contributed by atoms with Gasteiger partial charge in [0.1, 0.15) is 16.6 Å². The predicted molar refractivity (Wildman–Crippen MR) is 87.3 cm³/mol. The second-order valence-corrected chi connectivity index (χ2v) is 6.57. The lowest BCUT2D eigenvalue weighted by Gasteiger charge is -2.20. The van der Waals surface area contributed by atoms with Gasteiger partial charge in [0.05, 0.1) is 22.9 Å². The van der Waals surface area contributed by atoms with Crippen LogP contribution in [0.3, 0.4) is 0 Å². The molecule has 1 unspecified atom stereocenters. The molecule has 0 aliphatic rings. The highest BCUT2D eigenvalue weighted by Crippen LogP contribution is 2.24. The summed E-state index contributed by atoms with van der Waals surface area (Å²) < 4.78 is 28.0. The van der Waals surface area contributed by atoms with Crippen LogP contribution in [0.15, 0.2) is 42.5 Å². The molecule has 0 fully saturated rings. The van der Waals surface area contributed by atoms with Gasteiger partial charge in [0.2, 0.25) is 0 Å². The van der Waals surface area contributed by atoms with Gasteiger partial charge >= 0.3 is 0 Å². The molecule has 0 amide bonds. The van der Waals surface area contributed by atoms with Crippen LogP contribution in [-0.2, 0) is 6.54 Å². The molecule has 6 heteroatoms. The first kappa shape index (κ1) is 16.0. The van der Waals surface area contributed by atoms with Crippen LogP contribution in [0.4, 0.5) is 8.78 Å². The second-order valence-electron chi connectivity index (χ2n) is 5.45. The summed E-state index contributed by atoms with van der Waals surface area (Å²) in [5, 5.41) is 11.1. The van der Waals surface area contributed by atoms with E-state index in [0.29, 0.717) is 6.54 Å². The number of thiazole rings is 1. The highest BCUT2D eigenvalue weighted by atomic mass is 32.1. The highest BCUT2D eigenvalue weighted by Gasteiger charge is 2.17. The number of aliphatic hydroxyl groups excluding tert-OH is 1. The highest BCUT2D eigenvalue weighted by molar-refractivity contribution is 7.18. The van der Waals surface area contributed by atoms with Crippen molar-refractivity contribution in [2.45, 2.75) is 12.6 Å². The molecule has 3 nitrogen and oxygen atoms in total. The van der Waals surface area contributed by atoms with Crippen molar-refractivity contribution in [1.82, 2.24) is 9.88 Å². The van der Waals surface area contributed by atoms with Crippen molar-refractivity contribution in [2.75, 3.05) is 13.6 Å². The maximum atomic E-state index is 13.7. The van der Waals surface area contributed by atoms with E-state index in [0.717, 1.165) is 33.4 Å². The zero-order valence-electron chi connectivity index (χ0n) is 12.5. The molecule has 3 aromatic rings. The number of para-hydroxylation sites is 1. The first-order chi connectivity index (χ1) is 11.0. The van der Waals surface area contributed by atoms with E-state index < -0.39 is 17.7 Å². The summed E-state index contributed by atoms with van der Waals surface area (Å²) in [5.74, 6) is -1.17. The van der Waals surface area contributed by atoms with Crippen molar-refractivity contribution < 1.29 is 13.9 Å². The fraction of sp³-hybridized carbons (Fsp3) is 0.235. The van der Waals surface area contributed by atoms with E-state index in [4.69, 9.17) is 0 Å². The third-order valence-corrected chi connectivity index (χ3v) is 4.57. The zero-order chi connectivity index (χ0) is 16.4. The molecule has 0 bridgehead atoms. The molecule has 0 saturated heterocycles. The monoisotopic (exact) mass is 334 g/mol. The van der Waals surface area contributed by atoms with E-state index >= 15 is 0 Å². The number of hydrogen-bond acceptors (Lipinski definition) is 4. The summed E-state index contributed by atoms with van der Waals surface area (Å²) in [4.78, 5) is 6.37. The minimum atomic E-state index is -1.09. The number of fused-ring (bicyclic) bond motifs is 1. The Bertz CT molecular complexity index is 788. The van der Waals surface area contributed by atoms with Crippen LogP contribution in [0.2, 0.25) is 0 Å². The van der Waals surface area contributed by atoms with E-state index in [-0.39, 0.29) is 12.1 Å². The van der Waals surface area contributed by atoms with Crippen molar-refractivity contribution in [3.05, 3.63) is 64.7 Å². The average Bonchev–Trinajstić information content (AvgIpc) is 2.91. The summed E-state index contributed by atoms with van der Waals surface area (Å²) in [6, 6.07) is 11.0. The SMILES string of the molecule is CN(Cc1nc2ccccc2s1)CC(O)c1cc(F)ccc1F. The molecule has 120 valence electrons. The third kappa shape index (κ3) is 3.72. The minimum Gasteiger partial charge on any atom is -0.387 e. The Balaban J connectivity index is 1.68. The summed E-state index contributed by atoms with van der Waals surface area (Å²) in [6.07, 6.45) is -1.09.